The van der Waals surface area contributed by atoms with Crippen LogP contribution in [0, 0.1) is 0 Å². The third-order valence-corrected chi connectivity index (χ3v) is 2.66. The van der Waals surface area contributed by atoms with E-state index in [2.05, 4.69) is 10.3 Å². The van der Waals surface area contributed by atoms with Gasteiger partial charge in [-0.3, -0.25) is 4.79 Å². The summed E-state index contributed by atoms with van der Waals surface area (Å²) < 4.78 is 1.95. The van der Waals surface area contributed by atoms with Crippen molar-refractivity contribution in [3.63, 3.8) is 0 Å². The maximum Gasteiger partial charge on any atom is 0.222 e. The molecular formula is C13H24N4O. The second-order valence-corrected chi connectivity index (χ2v) is 5.57. The number of nitrogens with one attached hydrogen (secondary N) is 1. The number of amides is 1. The van der Waals surface area contributed by atoms with Crippen LogP contribution in [0.15, 0.2) is 12.5 Å². The van der Waals surface area contributed by atoms with Gasteiger partial charge in [-0.15, -0.1) is 0 Å². The van der Waals surface area contributed by atoms with Crippen molar-refractivity contribution in [1.82, 2.24) is 14.9 Å². The zero-order valence-corrected chi connectivity index (χ0v) is 11.7. The molecule has 0 bridgehead atoms. The molecule has 0 saturated carbocycles. The van der Waals surface area contributed by atoms with Crippen LogP contribution in [0.2, 0.25) is 0 Å². The van der Waals surface area contributed by atoms with Crippen molar-refractivity contribution < 1.29 is 4.79 Å². The first kappa shape index (κ1) is 14.7. The summed E-state index contributed by atoms with van der Waals surface area (Å²) in [6, 6.07) is -0.0156. The molecule has 0 aliphatic rings. The molecule has 1 rings (SSSR count). The Balaban J connectivity index is 2.54. The van der Waals surface area contributed by atoms with Gasteiger partial charge in [0.2, 0.25) is 5.91 Å². The minimum absolute atomic E-state index is 0.0156. The number of carbonyl (C=O) groups is 1. The van der Waals surface area contributed by atoms with Gasteiger partial charge in [0.05, 0.1) is 12.0 Å². The number of nitrogens with zero attached hydrogens (tertiary/aromatic N) is 2. The highest BCUT2D eigenvalue weighted by Gasteiger charge is 2.15. The molecule has 1 amide bonds. The van der Waals surface area contributed by atoms with Crippen molar-refractivity contribution in [3.05, 3.63) is 18.2 Å². The topological polar surface area (TPSA) is 72.9 Å². The average molecular weight is 252 g/mol. The first-order valence-electron chi connectivity index (χ1n) is 6.40. The molecule has 0 radical (unpaired) electrons. The van der Waals surface area contributed by atoms with Gasteiger partial charge in [0.1, 0.15) is 0 Å². The van der Waals surface area contributed by atoms with Crippen LogP contribution in [-0.2, 0) is 11.3 Å². The highest BCUT2D eigenvalue weighted by molar-refractivity contribution is 5.76. The van der Waals surface area contributed by atoms with E-state index in [9.17, 15) is 4.79 Å². The van der Waals surface area contributed by atoms with Gasteiger partial charge in [0.15, 0.2) is 0 Å². The van der Waals surface area contributed by atoms with Crippen LogP contribution in [0.4, 0.5) is 0 Å². The van der Waals surface area contributed by atoms with Crippen LogP contribution in [0.25, 0.3) is 0 Å². The fourth-order valence-corrected chi connectivity index (χ4v) is 1.74. The number of aryl methyl sites for hydroxylation is 1. The Morgan fingerprint density at radius 2 is 2.22 bits per heavy atom. The Bertz CT molecular complexity index is 392. The summed E-state index contributed by atoms with van der Waals surface area (Å²) in [5.74, 6) is 0.0484. The first-order valence-corrected chi connectivity index (χ1v) is 6.40. The van der Waals surface area contributed by atoms with Crippen molar-refractivity contribution in [2.75, 3.05) is 0 Å². The van der Waals surface area contributed by atoms with E-state index in [1.807, 2.05) is 32.3 Å². The number of hydrogen-bond donors (Lipinski definition) is 2. The summed E-state index contributed by atoms with van der Waals surface area (Å²) in [4.78, 5) is 15.8. The number of carbonyl (C=O) groups excluding carboxylic acids is 1. The van der Waals surface area contributed by atoms with E-state index in [-0.39, 0.29) is 17.5 Å². The summed E-state index contributed by atoms with van der Waals surface area (Å²) in [7, 11) is 0. The van der Waals surface area contributed by atoms with Gasteiger partial charge < -0.3 is 15.6 Å². The van der Waals surface area contributed by atoms with E-state index in [1.165, 1.54) is 0 Å². The lowest BCUT2D eigenvalue weighted by atomic mass is 10.1. The van der Waals surface area contributed by atoms with Gasteiger partial charge in [-0.05, 0) is 27.2 Å². The highest BCUT2D eigenvalue weighted by atomic mass is 16.1. The molecule has 1 atom stereocenters. The summed E-state index contributed by atoms with van der Waals surface area (Å²) in [5, 5.41) is 2.94. The predicted molar refractivity (Wildman–Crippen MR) is 72.0 cm³/mol. The molecule has 0 spiro atoms. The smallest absolute Gasteiger partial charge is 0.222 e. The molecule has 0 unspecified atom stereocenters. The van der Waals surface area contributed by atoms with Crippen molar-refractivity contribution in [1.29, 1.82) is 0 Å². The fraction of sp³-hybridized carbons (Fsp3) is 0.692. The van der Waals surface area contributed by atoms with E-state index in [0.29, 0.717) is 13.0 Å². The van der Waals surface area contributed by atoms with Crippen LogP contribution in [0.1, 0.15) is 52.3 Å². The lowest BCUT2D eigenvalue weighted by molar-refractivity contribution is -0.122. The SMILES string of the molecule is CC[C@@H](N)c1cncn1CCC(=O)NC(C)(C)C. The van der Waals surface area contributed by atoms with E-state index in [4.69, 9.17) is 5.73 Å². The molecule has 0 aliphatic heterocycles. The quantitative estimate of drug-likeness (QED) is 0.836. The average Bonchev–Trinajstić information content (AvgIpc) is 2.71. The molecular weight excluding hydrogens is 228 g/mol. The van der Waals surface area contributed by atoms with Crippen molar-refractivity contribution in [2.24, 2.45) is 5.73 Å². The third-order valence-electron chi connectivity index (χ3n) is 2.66. The Hall–Kier alpha value is -1.36. The van der Waals surface area contributed by atoms with E-state index in [1.54, 1.807) is 12.5 Å². The van der Waals surface area contributed by atoms with E-state index >= 15 is 0 Å². The monoisotopic (exact) mass is 252 g/mol. The molecule has 1 heterocycles. The van der Waals surface area contributed by atoms with Gasteiger partial charge in [-0.1, -0.05) is 6.92 Å². The normalized spacial score (nSPS) is 13.4. The summed E-state index contributed by atoms with van der Waals surface area (Å²) in [6.45, 7) is 8.57. The molecule has 3 N–H and O–H groups in total. The Kier molecular flexibility index (Phi) is 4.90. The lowest BCUT2D eigenvalue weighted by Gasteiger charge is -2.21. The van der Waals surface area contributed by atoms with Crippen molar-refractivity contribution >= 4 is 5.91 Å². The van der Waals surface area contributed by atoms with Crippen LogP contribution in [-0.4, -0.2) is 21.0 Å². The lowest BCUT2D eigenvalue weighted by Crippen LogP contribution is -2.40. The maximum atomic E-state index is 11.7. The number of nitrogens with two attached hydrogens (primary N) is 1. The van der Waals surface area contributed by atoms with Gasteiger partial charge in [-0.25, -0.2) is 4.98 Å². The van der Waals surface area contributed by atoms with Crippen LogP contribution >= 0.6 is 0 Å². The minimum Gasteiger partial charge on any atom is -0.351 e. The molecule has 0 aromatic carbocycles. The Morgan fingerprint density at radius 1 is 1.56 bits per heavy atom. The van der Waals surface area contributed by atoms with Gasteiger partial charge in [0.25, 0.3) is 0 Å². The third kappa shape index (κ3) is 4.49. The van der Waals surface area contributed by atoms with E-state index < -0.39 is 0 Å². The molecule has 0 fully saturated rings. The Morgan fingerprint density at radius 3 is 2.78 bits per heavy atom. The van der Waals surface area contributed by atoms with Gasteiger partial charge in [0, 0.05) is 30.7 Å². The van der Waals surface area contributed by atoms with Crippen LogP contribution < -0.4 is 11.1 Å². The van der Waals surface area contributed by atoms with Gasteiger partial charge >= 0.3 is 0 Å². The maximum absolute atomic E-state index is 11.7. The number of aromatic nitrogens is 2. The molecule has 1 aromatic rings. The van der Waals surface area contributed by atoms with Gasteiger partial charge in [-0.2, -0.15) is 0 Å². The number of hydrogen-bond acceptors (Lipinski definition) is 3. The predicted octanol–water partition coefficient (Wildman–Crippen LogP) is 1.60. The molecule has 102 valence electrons. The molecule has 0 aliphatic carbocycles. The molecule has 18 heavy (non-hydrogen) atoms. The standard InChI is InChI=1S/C13H24N4O/c1-5-10(14)11-8-15-9-17(11)7-6-12(18)16-13(2,3)4/h8-10H,5-7,14H2,1-4H3,(H,16,18)/t10-/m1/s1. The van der Waals surface area contributed by atoms with Crippen molar-refractivity contribution in [2.45, 2.75) is 58.7 Å². The molecule has 5 heteroatoms. The van der Waals surface area contributed by atoms with E-state index in [0.717, 1.165) is 12.1 Å². The molecule has 1 aromatic heterocycles. The summed E-state index contributed by atoms with van der Waals surface area (Å²) >= 11 is 0. The fourth-order valence-electron chi connectivity index (χ4n) is 1.74. The largest absolute Gasteiger partial charge is 0.351 e. The number of imidazole rings is 1. The zero-order chi connectivity index (χ0) is 13.8. The zero-order valence-electron chi connectivity index (χ0n) is 11.7. The summed E-state index contributed by atoms with van der Waals surface area (Å²) in [5.41, 5.74) is 6.79. The Labute approximate surface area is 109 Å². The first-order chi connectivity index (χ1) is 8.33. The summed E-state index contributed by atoms with van der Waals surface area (Å²) in [6.07, 6.45) is 4.81. The second-order valence-electron chi connectivity index (χ2n) is 5.57. The highest BCUT2D eigenvalue weighted by Crippen LogP contribution is 2.13. The van der Waals surface area contributed by atoms with Crippen LogP contribution in [0.3, 0.4) is 0 Å². The second kappa shape index (κ2) is 6.00. The molecule has 0 saturated heterocycles. The molecule has 5 nitrogen and oxygen atoms in total. The van der Waals surface area contributed by atoms with Crippen molar-refractivity contribution in [3.8, 4) is 0 Å². The van der Waals surface area contributed by atoms with Crippen LogP contribution in [0.5, 0.6) is 0 Å². The number of rotatable bonds is 5. The minimum atomic E-state index is -0.186.